The van der Waals surface area contributed by atoms with Crippen LogP contribution in [0.5, 0.6) is 0 Å². The minimum atomic E-state index is -0.550. The van der Waals surface area contributed by atoms with Gasteiger partial charge in [-0.3, -0.25) is 0 Å². The fourth-order valence-corrected chi connectivity index (χ4v) is 3.87. The Hall–Kier alpha value is -2.74. The molecule has 1 fully saturated rings. The molecule has 2 amide bonds. The summed E-state index contributed by atoms with van der Waals surface area (Å²) in [7, 11) is 0. The smallest absolute Gasteiger partial charge is 0.318 e. The maximum absolute atomic E-state index is 13.8. The van der Waals surface area contributed by atoms with Gasteiger partial charge in [-0.1, -0.05) is 18.2 Å². The van der Waals surface area contributed by atoms with Gasteiger partial charge in [0.2, 0.25) is 5.95 Å². The second-order valence-electron chi connectivity index (χ2n) is 7.98. The first-order valence-electron chi connectivity index (χ1n) is 9.94. The Morgan fingerprint density at radius 2 is 2.07 bits per heavy atom. The van der Waals surface area contributed by atoms with Crippen LogP contribution in [0.1, 0.15) is 43.5 Å². The van der Waals surface area contributed by atoms with Crippen LogP contribution in [0.25, 0.3) is 0 Å². The zero-order chi connectivity index (χ0) is 20.4. The van der Waals surface area contributed by atoms with E-state index >= 15 is 0 Å². The standard InChI is InChI=1S/C21H26FN5O2/c1-21(2)16-12-23-19(25-15-7-9-29-10-8-15)26-18(16)13-27(21)20(28)24-11-14-5-3-4-6-17(14)22/h3-6,12,15H,7-11,13H2,1-2H3,(H,24,28)(H,23,25,26). The highest BCUT2D eigenvalue weighted by molar-refractivity contribution is 5.76. The summed E-state index contributed by atoms with van der Waals surface area (Å²) in [6, 6.07) is 6.49. The predicted molar refractivity (Wildman–Crippen MR) is 107 cm³/mol. The van der Waals surface area contributed by atoms with Crippen LogP contribution in [0.4, 0.5) is 15.1 Å². The van der Waals surface area contributed by atoms with Gasteiger partial charge in [-0.15, -0.1) is 0 Å². The van der Waals surface area contributed by atoms with E-state index in [1.807, 2.05) is 13.8 Å². The van der Waals surface area contributed by atoms with Crippen molar-refractivity contribution in [1.29, 1.82) is 0 Å². The minimum Gasteiger partial charge on any atom is -0.381 e. The maximum Gasteiger partial charge on any atom is 0.318 e. The molecular weight excluding hydrogens is 373 g/mol. The van der Waals surface area contributed by atoms with Gasteiger partial charge >= 0.3 is 6.03 Å². The number of nitrogens with one attached hydrogen (secondary N) is 2. The summed E-state index contributed by atoms with van der Waals surface area (Å²) in [5.74, 6) is 0.256. The van der Waals surface area contributed by atoms with Gasteiger partial charge in [0.25, 0.3) is 0 Å². The van der Waals surface area contributed by atoms with Crippen molar-refractivity contribution < 1.29 is 13.9 Å². The molecule has 0 spiro atoms. The summed E-state index contributed by atoms with van der Waals surface area (Å²) in [5, 5.41) is 6.19. The molecule has 1 aromatic heterocycles. The molecule has 0 bridgehead atoms. The number of fused-ring (bicyclic) bond motifs is 1. The van der Waals surface area contributed by atoms with Gasteiger partial charge in [-0.2, -0.15) is 0 Å². The Morgan fingerprint density at radius 3 is 2.83 bits per heavy atom. The molecule has 1 saturated heterocycles. The fraction of sp³-hybridized carbons (Fsp3) is 0.476. The van der Waals surface area contributed by atoms with Crippen LogP contribution in [-0.4, -0.2) is 40.2 Å². The quantitative estimate of drug-likeness (QED) is 0.826. The number of nitrogens with zero attached hydrogens (tertiary/aromatic N) is 3. The predicted octanol–water partition coefficient (Wildman–Crippen LogP) is 3.17. The normalized spacial score (nSPS) is 18.4. The highest BCUT2D eigenvalue weighted by atomic mass is 19.1. The third-order valence-electron chi connectivity index (χ3n) is 5.70. The van der Waals surface area contributed by atoms with E-state index in [0.29, 0.717) is 24.1 Å². The summed E-state index contributed by atoms with van der Waals surface area (Å²) in [6.45, 7) is 5.94. The number of aromatic nitrogens is 2. The lowest BCUT2D eigenvalue weighted by atomic mass is 9.97. The Bertz CT molecular complexity index is 898. The Morgan fingerprint density at radius 1 is 1.31 bits per heavy atom. The van der Waals surface area contributed by atoms with E-state index in [0.717, 1.165) is 37.3 Å². The van der Waals surface area contributed by atoms with Crippen LogP contribution in [0, 0.1) is 5.82 Å². The summed E-state index contributed by atoms with van der Waals surface area (Å²) in [6.07, 6.45) is 3.65. The molecule has 2 aliphatic rings. The highest BCUT2D eigenvalue weighted by Crippen LogP contribution is 2.37. The molecule has 2 N–H and O–H groups in total. The SMILES string of the molecule is CC1(C)c2cnc(NC3CCOCC3)nc2CN1C(=O)NCc1ccccc1F. The van der Waals surface area contributed by atoms with Crippen LogP contribution in [-0.2, 0) is 23.4 Å². The van der Waals surface area contributed by atoms with E-state index in [9.17, 15) is 9.18 Å². The molecule has 1 aromatic carbocycles. The molecule has 3 heterocycles. The molecular formula is C21H26FN5O2. The first-order valence-corrected chi connectivity index (χ1v) is 9.94. The molecule has 7 nitrogen and oxygen atoms in total. The van der Waals surface area contributed by atoms with Crippen molar-refractivity contribution in [3.05, 3.63) is 53.1 Å². The molecule has 0 unspecified atom stereocenters. The number of ether oxygens (including phenoxy) is 1. The van der Waals surface area contributed by atoms with Crippen LogP contribution in [0.3, 0.4) is 0 Å². The van der Waals surface area contributed by atoms with Gasteiger partial charge in [0, 0.05) is 43.1 Å². The monoisotopic (exact) mass is 399 g/mol. The second-order valence-corrected chi connectivity index (χ2v) is 7.98. The summed E-state index contributed by atoms with van der Waals surface area (Å²) in [5.41, 5.74) is 1.67. The molecule has 154 valence electrons. The number of urea groups is 1. The van der Waals surface area contributed by atoms with Gasteiger partial charge in [0.05, 0.1) is 17.8 Å². The third kappa shape index (κ3) is 4.03. The molecule has 2 aliphatic heterocycles. The van der Waals surface area contributed by atoms with E-state index < -0.39 is 5.54 Å². The van der Waals surface area contributed by atoms with Crippen molar-refractivity contribution in [2.75, 3.05) is 18.5 Å². The van der Waals surface area contributed by atoms with Gasteiger partial charge in [0.1, 0.15) is 5.82 Å². The topological polar surface area (TPSA) is 79.4 Å². The number of carbonyl (C=O) groups is 1. The van der Waals surface area contributed by atoms with Crippen molar-refractivity contribution in [3.63, 3.8) is 0 Å². The average molecular weight is 399 g/mol. The number of hydrogen-bond donors (Lipinski definition) is 2. The lowest BCUT2D eigenvalue weighted by Gasteiger charge is -2.32. The first kappa shape index (κ1) is 19.6. The number of benzene rings is 1. The number of hydrogen-bond acceptors (Lipinski definition) is 5. The van der Waals surface area contributed by atoms with Gasteiger partial charge in [-0.05, 0) is 32.8 Å². The zero-order valence-corrected chi connectivity index (χ0v) is 16.7. The number of rotatable bonds is 4. The number of anilines is 1. The molecule has 2 aromatic rings. The molecule has 8 heteroatoms. The van der Waals surface area contributed by atoms with Crippen LogP contribution in [0.15, 0.2) is 30.5 Å². The zero-order valence-electron chi connectivity index (χ0n) is 16.7. The van der Waals surface area contributed by atoms with Crippen molar-refractivity contribution in [2.24, 2.45) is 0 Å². The largest absolute Gasteiger partial charge is 0.381 e. The number of amides is 2. The van der Waals surface area contributed by atoms with Crippen LogP contribution < -0.4 is 10.6 Å². The molecule has 29 heavy (non-hydrogen) atoms. The van der Waals surface area contributed by atoms with Crippen molar-refractivity contribution >= 4 is 12.0 Å². The fourth-order valence-electron chi connectivity index (χ4n) is 3.87. The second kappa shape index (κ2) is 7.94. The van der Waals surface area contributed by atoms with E-state index in [-0.39, 0.29) is 18.4 Å². The highest BCUT2D eigenvalue weighted by Gasteiger charge is 2.41. The molecule has 0 radical (unpaired) electrons. The summed E-state index contributed by atoms with van der Waals surface area (Å²) < 4.78 is 19.2. The molecule has 0 aliphatic carbocycles. The van der Waals surface area contributed by atoms with E-state index in [4.69, 9.17) is 4.74 Å². The number of halogens is 1. The van der Waals surface area contributed by atoms with Gasteiger partial charge in [0.15, 0.2) is 0 Å². The van der Waals surface area contributed by atoms with Gasteiger partial charge < -0.3 is 20.3 Å². The first-order chi connectivity index (χ1) is 13.9. The molecule has 4 rings (SSSR count). The Balaban J connectivity index is 1.44. The Labute approximate surface area is 169 Å². The minimum absolute atomic E-state index is 0.136. The maximum atomic E-state index is 13.8. The van der Waals surface area contributed by atoms with Crippen molar-refractivity contribution in [3.8, 4) is 0 Å². The average Bonchev–Trinajstić information content (AvgIpc) is 2.98. The van der Waals surface area contributed by atoms with E-state index in [1.165, 1.54) is 6.07 Å². The molecule has 0 saturated carbocycles. The third-order valence-corrected chi connectivity index (χ3v) is 5.70. The molecule has 0 atom stereocenters. The number of carbonyl (C=O) groups excluding carboxylic acids is 1. The Kier molecular flexibility index (Phi) is 5.36. The van der Waals surface area contributed by atoms with E-state index in [1.54, 1.807) is 29.3 Å². The lowest BCUT2D eigenvalue weighted by molar-refractivity contribution is 0.0903. The van der Waals surface area contributed by atoms with Crippen molar-refractivity contribution in [2.45, 2.75) is 51.4 Å². The summed E-state index contributed by atoms with van der Waals surface area (Å²) >= 11 is 0. The summed E-state index contributed by atoms with van der Waals surface area (Å²) in [4.78, 5) is 23.7. The van der Waals surface area contributed by atoms with E-state index in [2.05, 4.69) is 20.6 Å². The lowest BCUT2D eigenvalue weighted by Crippen LogP contribution is -2.45. The van der Waals surface area contributed by atoms with Crippen LogP contribution >= 0.6 is 0 Å². The van der Waals surface area contributed by atoms with Crippen LogP contribution in [0.2, 0.25) is 0 Å². The van der Waals surface area contributed by atoms with Gasteiger partial charge in [-0.25, -0.2) is 19.2 Å². The van der Waals surface area contributed by atoms with Crippen molar-refractivity contribution in [1.82, 2.24) is 20.2 Å².